The first-order valence-electron chi connectivity index (χ1n) is 6.49. The Hall–Kier alpha value is -1.69. The SMILES string of the molecule is CC1SCC(C(=O)O)N1C(=O)CCc1ccc(N)cc1. The fourth-order valence-electron chi connectivity index (χ4n) is 2.28. The molecule has 0 aliphatic carbocycles. The van der Waals surface area contributed by atoms with Crippen molar-refractivity contribution in [2.45, 2.75) is 31.2 Å². The minimum Gasteiger partial charge on any atom is -0.480 e. The van der Waals surface area contributed by atoms with Crippen molar-refractivity contribution in [3.8, 4) is 0 Å². The minimum atomic E-state index is -0.928. The Morgan fingerprint density at radius 2 is 2.05 bits per heavy atom. The first-order valence-corrected chi connectivity index (χ1v) is 7.54. The van der Waals surface area contributed by atoms with E-state index in [4.69, 9.17) is 10.8 Å². The van der Waals surface area contributed by atoms with Crippen molar-refractivity contribution in [1.29, 1.82) is 0 Å². The van der Waals surface area contributed by atoms with E-state index in [2.05, 4.69) is 0 Å². The standard InChI is InChI=1S/C14H18N2O3S/c1-9-16(12(8-20-9)14(18)19)13(17)7-4-10-2-5-11(15)6-3-10/h2-3,5-6,9,12H,4,7-8,15H2,1H3,(H,18,19). The molecule has 5 nitrogen and oxygen atoms in total. The third-order valence-corrected chi connectivity index (χ3v) is 4.62. The average molecular weight is 294 g/mol. The predicted octanol–water partition coefficient (Wildman–Crippen LogP) is 1.58. The highest BCUT2D eigenvalue weighted by atomic mass is 32.2. The topological polar surface area (TPSA) is 83.6 Å². The number of hydrogen-bond acceptors (Lipinski definition) is 4. The first kappa shape index (κ1) is 14.7. The van der Waals surface area contributed by atoms with Crippen molar-refractivity contribution in [1.82, 2.24) is 4.90 Å². The quantitative estimate of drug-likeness (QED) is 0.824. The van der Waals surface area contributed by atoms with Gasteiger partial charge in [0, 0.05) is 17.9 Å². The molecule has 1 fully saturated rings. The Kier molecular flexibility index (Phi) is 4.54. The van der Waals surface area contributed by atoms with Crippen molar-refractivity contribution in [3.63, 3.8) is 0 Å². The van der Waals surface area contributed by atoms with Gasteiger partial charge in [0.15, 0.2) is 0 Å². The highest BCUT2D eigenvalue weighted by molar-refractivity contribution is 8.00. The van der Waals surface area contributed by atoms with Gasteiger partial charge in [0.05, 0.1) is 5.37 Å². The Balaban J connectivity index is 1.97. The second kappa shape index (κ2) is 6.17. The van der Waals surface area contributed by atoms with E-state index in [0.29, 0.717) is 24.3 Å². The molecule has 2 atom stereocenters. The van der Waals surface area contributed by atoms with Gasteiger partial charge < -0.3 is 15.7 Å². The van der Waals surface area contributed by atoms with Crippen molar-refractivity contribution in [2.24, 2.45) is 0 Å². The van der Waals surface area contributed by atoms with Crippen LogP contribution in [0.5, 0.6) is 0 Å². The van der Waals surface area contributed by atoms with E-state index in [1.165, 1.54) is 16.7 Å². The van der Waals surface area contributed by atoms with Crippen LogP contribution in [-0.4, -0.2) is 39.1 Å². The molecule has 0 spiro atoms. The molecular weight excluding hydrogens is 276 g/mol. The third-order valence-electron chi connectivity index (χ3n) is 3.40. The molecule has 1 saturated heterocycles. The molecule has 1 aliphatic heterocycles. The number of amides is 1. The van der Waals surface area contributed by atoms with Gasteiger partial charge in [-0.15, -0.1) is 11.8 Å². The average Bonchev–Trinajstić information content (AvgIpc) is 2.80. The number of thioether (sulfide) groups is 1. The lowest BCUT2D eigenvalue weighted by molar-refractivity contribution is -0.148. The maximum atomic E-state index is 12.2. The number of carboxylic acids is 1. The van der Waals surface area contributed by atoms with Crippen molar-refractivity contribution in [3.05, 3.63) is 29.8 Å². The summed E-state index contributed by atoms with van der Waals surface area (Å²) in [6.07, 6.45) is 0.915. The molecule has 1 amide bonds. The fraction of sp³-hybridized carbons (Fsp3) is 0.429. The summed E-state index contributed by atoms with van der Waals surface area (Å²) < 4.78 is 0. The van der Waals surface area contributed by atoms with Gasteiger partial charge in [0.2, 0.25) is 5.91 Å². The maximum absolute atomic E-state index is 12.2. The van der Waals surface area contributed by atoms with Crippen LogP contribution in [-0.2, 0) is 16.0 Å². The monoisotopic (exact) mass is 294 g/mol. The molecule has 20 heavy (non-hydrogen) atoms. The van der Waals surface area contributed by atoms with Gasteiger partial charge in [-0.05, 0) is 31.0 Å². The van der Waals surface area contributed by atoms with Crippen LogP contribution in [0.15, 0.2) is 24.3 Å². The second-order valence-electron chi connectivity index (χ2n) is 4.83. The number of nitrogen functional groups attached to an aromatic ring is 1. The largest absolute Gasteiger partial charge is 0.480 e. The van der Waals surface area contributed by atoms with E-state index >= 15 is 0 Å². The van der Waals surface area contributed by atoms with Gasteiger partial charge in [-0.1, -0.05) is 12.1 Å². The molecule has 108 valence electrons. The second-order valence-corrected chi connectivity index (χ2v) is 6.18. The van der Waals surface area contributed by atoms with Crippen LogP contribution in [0.25, 0.3) is 0 Å². The number of carbonyl (C=O) groups excluding carboxylic acids is 1. The van der Waals surface area contributed by atoms with E-state index in [9.17, 15) is 9.59 Å². The van der Waals surface area contributed by atoms with E-state index < -0.39 is 12.0 Å². The summed E-state index contributed by atoms with van der Waals surface area (Å²) in [5.74, 6) is -0.571. The first-order chi connectivity index (χ1) is 9.49. The smallest absolute Gasteiger partial charge is 0.327 e. The molecule has 1 aliphatic rings. The van der Waals surface area contributed by atoms with Crippen LogP contribution >= 0.6 is 11.8 Å². The van der Waals surface area contributed by atoms with Crippen LogP contribution in [0.1, 0.15) is 18.9 Å². The Morgan fingerprint density at radius 1 is 1.40 bits per heavy atom. The summed E-state index contributed by atoms with van der Waals surface area (Å²) >= 11 is 1.50. The van der Waals surface area contributed by atoms with E-state index in [-0.39, 0.29) is 11.3 Å². The number of carbonyl (C=O) groups is 2. The highest BCUT2D eigenvalue weighted by Crippen LogP contribution is 2.29. The molecule has 0 aromatic heterocycles. The van der Waals surface area contributed by atoms with Crippen LogP contribution in [0.2, 0.25) is 0 Å². The zero-order chi connectivity index (χ0) is 14.7. The van der Waals surface area contributed by atoms with Crippen molar-refractivity contribution in [2.75, 3.05) is 11.5 Å². The number of benzene rings is 1. The van der Waals surface area contributed by atoms with Gasteiger partial charge in [0.1, 0.15) is 6.04 Å². The van der Waals surface area contributed by atoms with Gasteiger partial charge in [0.25, 0.3) is 0 Å². The summed E-state index contributed by atoms with van der Waals surface area (Å²) in [5, 5.41) is 9.07. The summed E-state index contributed by atoms with van der Waals surface area (Å²) in [4.78, 5) is 24.9. The zero-order valence-electron chi connectivity index (χ0n) is 11.3. The Morgan fingerprint density at radius 3 is 2.65 bits per heavy atom. The lowest BCUT2D eigenvalue weighted by atomic mass is 10.1. The number of nitrogens with two attached hydrogens (primary N) is 1. The molecule has 2 unspecified atom stereocenters. The lowest BCUT2D eigenvalue weighted by Gasteiger charge is -2.25. The molecular formula is C14H18N2O3S. The lowest BCUT2D eigenvalue weighted by Crippen LogP contribution is -2.44. The minimum absolute atomic E-state index is 0.0741. The number of rotatable bonds is 4. The number of anilines is 1. The highest BCUT2D eigenvalue weighted by Gasteiger charge is 2.38. The van der Waals surface area contributed by atoms with Gasteiger partial charge in [-0.25, -0.2) is 4.79 Å². The normalized spacial score (nSPS) is 21.9. The van der Waals surface area contributed by atoms with Crippen molar-refractivity contribution < 1.29 is 14.7 Å². The maximum Gasteiger partial charge on any atom is 0.327 e. The number of aliphatic carboxylic acids is 1. The molecule has 0 radical (unpaired) electrons. The van der Waals surface area contributed by atoms with Crippen LogP contribution in [0, 0.1) is 0 Å². The zero-order valence-corrected chi connectivity index (χ0v) is 12.1. The number of carboxylic acid groups (broad SMARTS) is 1. The molecule has 3 N–H and O–H groups in total. The van der Waals surface area contributed by atoms with Gasteiger partial charge in [-0.3, -0.25) is 4.79 Å². The summed E-state index contributed by atoms with van der Waals surface area (Å²) in [7, 11) is 0. The number of nitrogens with zero attached hydrogens (tertiary/aromatic N) is 1. The van der Waals surface area contributed by atoms with Gasteiger partial charge >= 0.3 is 5.97 Å². The molecule has 2 rings (SSSR count). The summed E-state index contributed by atoms with van der Waals surface area (Å²) in [6.45, 7) is 1.87. The van der Waals surface area contributed by atoms with E-state index in [1.807, 2.05) is 19.1 Å². The van der Waals surface area contributed by atoms with E-state index in [0.717, 1.165) is 5.56 Å². The molecule has 1 aromatic rings. The third kappa shape index (κ3) is 3.25. The molecule has 1 aromatic carbocycles. The van der Waals surface area contributed by atoms with Crippen LogP contribution in [0.4, 0.5) is 5.69 Å². The number of hydrogen-bond donors (Lipinski definition) is 2. The number of aryl methyl sites for hydroxylation is 1. The summed E-state index contributed by atoms with van der Waals surface area (Å²) in [5.41, 5.74) is 7.33. The Bertz CT molecular complexity index is 504. The molecule has 6 heteroatoms. The van der Waals surface area contributed by atoms with Crippen molar-refractivity contribution >= 4 is 29.3 Å². The summed E-state index contributed by atoms with van der Waals surface area (Å²) in [6, 6.07) is 6.68. The fourth-order valence-corrected chi connectivity index (χ4v) is 3.47. The van der Waals surface area contributed by atoms with E-state index in [1.54, 1.807) is 12.1 Å². The van der Waals surface area contributed by atoms with Crippen LogP contribution < -0.4 is 5.73 Å². The predicted molar refractivity (Wildman–Crippen MR) is 79.4 cm³/mol. The Labute approximate surface area is 122 Å². The van der Waals surface area contributed by atoms with Gasteiger partial charge in [-0.2, -0.15) is 0 Å². The molecule has 0 bridgehead atoms. The molecule has 1 heterocycles. The molecule has 0 saturated carbocycles. The van der Waals surface area contributed by atoms with Crippen LogP contribution in [0.3, 0.4) is 0 Å².